The van der Waals surface area contributed by atoms with Crippen LogP contribution in [-0.2, 0) is 26.9 Å². The minimum absolute atomic E-state index is 0.138. The monoisotopic (exact) mass is 564 g/mol. The number of halogens is 3. The van der Waals surface area contributed by atoms with Crippen LogP contribution in [0.1, 0.15) is 73.5 Å². The van der Waals surface area contributed by atoms with Crippen molar-refractivity contribution >= 4 is 29.5 Å². The van der Waals surface area contributed by atoms with Crippen molar-refractivity contribution in [2.75, 3.05) is 24.7 Å². The summed E-state index contributed by atoms with van der Waals surface area (Å²) >= 11 is 0. The van der Waals surface area contributed by atoms with Crippen LogP contribution in [0.15, 0.2) is 24.4 Å². The summed E-state index contributed by atoms with van der Waals surface area (Å²) in [6, 6.07) is 5.22. The number of benzene rings is 1. The highest BCUT2D eigenvalue weighted by Gasteiger charge is 2.44. The van der Waals surface area contributed by atoms with E-state index in [1.54, 1.807) is 12.1 Å². The third-order valence-corrected chi connectivity index (χ3v) is 7.06. The first-order valence-electron chi connectivity index (χ1n) is 13.2. The minimum Gasteiger partial charge on any atom is -0.494 e. The number of amides is 1. The van der Waals surface area contributed by atoms with Crippen LogP contribution >= 0.6 is 0 Å². The van der Waals surface area contributed by atoms with Gasteiger partial charge in [-0.2, -0.15) is 13.2 Å². The Morgan fingerprint density at radius 2 is 1.85 bits per heavy atom. The first-order chi connectivity index (χ1) is 19.0. The number of carbonyl (C=O) groups excluding carboxylic acids is 2. The summed E-state index contributed by atoms with van der Waals surface area (Å²) in [6.45, 7) is 2.40. The van der Waals surface area contributed by atoms with Gasteiger partial charge in [-0.1, -0.05) is 19.3 Å². The van der Waals surface area contributed by atoms with Crippen molar-refractivity contribution in [2.45, 2.75) is 70.0 Å². The van der Waals surface area contributed by atoms with E-state index in [4.69, 9.17) is 9.47 Å². The van der Waals surface area contributed by atoms with Crippen LogP contribution in [0.5, 0.6) is 5.75 Å². The maximum absolute atomic E-state index is 14.0. The number of nitrogens with zero attached hydrogens (tertiary/aromatic N) is 3. The molecule has 2 heterocycles. The fourth-order valence-electron chi connectivity index (χ4n) is 5.00. The second-order valence-electron chi connectivity index (χ2n) is 9.92. The minimum atomic E-state index is -4.97. The zero-order valence-corrected chi connectivity index (χ0v) is 22.1. The number of hydrogen-bond donors (Lipinski definition) is 2. The number of aromatic nitrogens is 2. The summed E-state index contributed by atoms with van der Waals surface area (Å²) < 4.78 is 52.8. The Bertz CT molecular complexity index is 1260. The topological polar surface area (TPSA) is 131 Å². The van der Waals surface area contributed by atoms with Gasteiger partial charge in [-0.15, -0.1) is 0 Å². The molecule has 216 valence electrons. The first-order valence-corrected chi connectivity index (χ1v) is 13.2. The van der Waals surface area contributed by atoms with Crippen LogP contribution in [0.4, 0.5) is 24.8 Å². The van der Waals surface area contributed by atoms with Gasteiger partial charge in [0.2, 0.25) is 5.95 Å². The Balaban J connectivity index is 1.49. The number of carboxylic acids is 1. The lowest BCUT2D eigenvalue weighted by atomic mass is 9.81. The van der Waals surface area contributed by atoms with Gasteiger partial charge in [0.05, 0.1) is 18.8 Å². The lowest BCUT2D eigenvalue weighted by molar-refractivity contribution is -0.146. The van der Waals surface area contributed by atoms with Crippen molar-refractivity contribution in [1.82, 2.24) is 15.3 Å². The molecule has 13 heteroatoms. The van der Waals surface area contributed by atoms with E-state index in [1.807, 2.05) is 6.07 Å². The molecule has 0 bridgehead atoms. The number of rotatable bonds is 10. The molecule has 2 aliphatic rings. The Labute approximate surface area is 228 Å². The number of unbranched alkanes of at least 4 members (excludes halogenated alkanes) is 1. The molecule has 0 spiro atoms. The van der Waals surface area contributed by atoms with Gasteiger partial charge in [-0.05, 0) is 55.9 Å². The Morgan fingerprint density at radius 1 is 1.12 bits per heavy atom. The highest BCUT2D eigenvalue weighted by atomic mass is 19.4. The zero-order valence-electron chi connectivity index (χ0n) is 22.1. The van der Waals surface area contributed by atoms with E-state index in [-0.39, 0.29) is 24.8 Å². The van der Waals surface area contributed by atoms with E-state index in [9.17, 15) is 32.7 Å². The van der Waals surface area contributed by atoms with Gasteiger partial charge in [0, 0.05) is 25.4 Å². The Hall–Kier alpha value is -3.90. The van der Waals surface area contributed by atoms with Crippen LogP contribution in [0.3, 0.4) is 0 Å². The lowest BCUT2D eigenvalue weighted by Gasteiger charge is -2.34. The number of carboxylic acid groups (broad SMARTS) is 1. The molecule has 0 unspecified atom stereocenters. The average Bonchev–Trinajstić information content (AvgIpc) is 3.33. The number of ether oxygens (including phenoxy) is 2. The Morgan fingerprint density at radius 3 is 2.52 bits per heavy atom. The van der Waals surface area contributed by atoms with Crippen LogP contribution in [0, 0.1) is 0 Å². The quantitative estimate of drug-likeness (QED) is 0.318. The van der Waals surface area contributed by atoms with Gasteiger partial charge < -0.3 is 24.8 Å². The zero-order chi connectivity index (χ0) is 28.9. The van der Waals surface area contributed by atoms with Crippen molar-refractivity contribution in [2.24, 2.45) is 0 Å². The number of esters is 1. The molecule has 1 aliphatic carbocycles. The van der Waals surface area contributed by atoms with E-state index in [2.05, 4.69) is 15.3 Å². The molecule has 1 aromatic carbocycles. The Kier molecular flexibility index (Phi) is 8.79. The molecule has 4 rings (SSSR count). The van der Waals surface area contributed by atoms with Crippen molar-refractivity contribution in [3.63, 3.8) is 0 Å². The van der Waals surface area contributed by atoms with Gasteiger partial charge in [0.1, 0.15) is 11.3 Å². The molecule has 2 aromatic rings. The molecule has 1 aliphatic heterocycles. The highest BCUT2D eigenvalue weighted by molar-refractivity contribution is 5.98. The summed E-state index contributed by atoms with van der Waals surface area (Å²) in [5, 5.41) is 12.1. The number of anilines is 2. The lowest BCUT2D eigenvalue weighted by Crippen LogP contribution is -2.55. The fraction of sp³-hybridized carbons (Fsp3) is 0.519. The largest absolute Gasteiger partial charge is 0.494 e. The molecular weight excluding hydrogens is 533 g/mol. The fourth-order valence-corrected chi connectivity index (χ4v) is 5.00. The number of aliphatic carboxylic acids is 1. The molecule has 1 saturated carbocycles. The maximum Gasteiger partial charge on any atom is 0.434 e. The molecule has 2 N–H and O–H groups in total. The van der Waals surface area contributed by atoms with Crippen LogP contribution in [0.25, 0.3) is 0 Å². The predicted octanol–water partition coefficient (Wildman–Crippen LogP) is 4.43. The summed E-state index contributed by atoms with van der Waals surface area (Å²) in [6.07, 6.45) is -0.144. The molecule has 10 nitrogen and oxygen atoms in total. The number of alkyl halides is 3. The van der Waals surface area contributed by atoms with E-state index in [0.29, 0.717) is 63.3 Å². The third-order valence-electron chi connectivity index (χ3n) is 7.06. The molecule has 1 fully saturated rings. The second-order valence-corrected chi connectivity index (χ2v) is 9.92. The third kappa shape index (κ3) is 6.62. The van der Waals surface area contributed by atoms with Gasteiger partial charge in [0.15, 0.2) is 5.69 Å². The van der Waals surface area contributed by atoms with Crippen molar-refractivity contribution in [3.8, 4) is 5.75 Å². The van der Waals surface area contributed by atoms with Gasteiger partial charge in [0.25, 0.3) is 5.91 Å². The predicted molar refractivity (Wildman–Crippen MR) is 136 cm³/mol. The van der Waals surface area contributed by atoms with E-state index < -0.39 is 34.8 Å². The molecule has 1 aromatic heterocycles. The normalized spacial score (nSPS) is 16.2. The van der Waals surface area contributed by atoms with Crippen molar-refractivity contribution in [1.29, 1.82) is 0 Å². The van der Waals surface area contributed by atoms with Crippen molar-refractivity contribution < 1.29 is 42.1 Å². The number of carbonyl (C=O) groups is 3. The molecular formula is C27H31F3N4O6. The SMILES string of the molecule is CC(=O)OCCCCOc1ccc2c(c1)CCN2c1ncc(C(=O)NC2(C(=O)O)CCCCC2)c(C(F)(F)F)n1. The van der Waals surface area contributed by atoms with Gasteiger partial charge in [-0.3, -0.25) is 9.59 Å². The summed E-state index contributed by atoms with van der Waals surface area (Å²) in [5.41, 5.74) is -2.39. The van der Waals surface area contributed by atoms with Crippen LogP contribution < -0.4 is 15.0 Å². The summed E-state index contributed by atoms with van der Waals surface area (Å²) in [4.78, 5) is 45.0. The van der Waals surface area contributed by atoms with E-state index in [1.165, 1.54) is 11.8 Å². The molecule has 0 radical (unpaired) electrons. The van der Waals surface area contributed by atoms with Crippen LogP contribution in [-0.4, -0.2) is 58.2 Å². The average molecular weight is 565 g/mol. The molecule has 0 atom stereocenters. The number of fused-ring (bicyclic) bond motifs is 1. The van der Waals surface area contributed by atoms with Gasteiger partial charge in [-0.25, -0.2) is 14.8 Å². The summed E-state index contributed by atoms with van der Waals surface area (Å²) in [7, 11) is 0. The maximum atomic E-state index is 14.0. The first kappa shape index (κ1) is 29.1. The second kappa shape index (κ2) is 12.1. The molecule has 40 heavy (non-hydrogen) atoms. The van der Waals surface area contributed by atoms with E-state index in [0.717, 1.165) is 18.2 Å². The summed E-state index contributed by atoms with van der Waals surface area (Å²) in [5.74, 6) is -2.39. The highest BCUT2D eigenvalue weighted by Crippen LogP contribution is 2.38. The molecule has 0 saturated heterocycles. The van der Waals surface area contributed by atoms with Gasteiger partial charge >= 0.3 is 18.1 Å². The van der Waals surface area contributed by atoms with E-state index >= 15 is 0 Å². The van der Waals surface area contributed by atoms with Crippen molar-refractivity contribution in [3.05, 3.63) is 41.2 Å². The smallest absolute Gasteiger partial charge is 0.434 e. The molecule has 1 amide bonds. The van der Waals surface area contributed by atoms with Crippen LogP contribution in [0.2, 0.25) is 0 Å². The standard InChI is InChI=1S/C27H31F3N4O6/c1-17(35)39-13-5-6-14-40-19-7-8-21-18(15-19)9-12-34(21)25-31-16-20(22(32-25)27(28,29)30)23(36)33-26(24(37)38)10-3-2-4-11-26/h7-8,15-16H,2-6,9-14H2,1H3,(H,33,36)(H,37,38). The number of nitrogens with one attached hydrogen (secondary N) is 1. The number of hydrogen-bond acceptors (Lipinski definition) is 8.